The van der Waals surface area contributed by atoms with Crippen LogP contribution in [0.1, 0.15) is 33.9 Å². The van der Waals surface area contributed by atoms with Crippen LogP contribution in [0.4, 0.5) is 10.1 Å². The summed E-state index contributed by atoms with van der Waals surface area (Å²) in [5.41, 5.74) is 3.82. The lowest BCUT2D eigenvalue weighted by Gasteiger charge is -2.43. The van der Waals surface area contributed by atoms with Gasteiger partial charge in [0.15, 0.2) is 0 Å². The minimum absolute atomic E-state index is 0.0206. The molecule has 0 radical (unpaired) electrons. The van der Waals surface area contributed by atoms with Gasteiger partial charge in [0.2, 0.25) is 11.8 Å². The second-order valence-electron chi connectivity index (χ2n) is 11.8. The van der Waals surface area contributed by atoms with E-state index in [2.05, 4.69) is 48.3 Å². The van der Waals surface area contributed by atoms with Crippen LogP contribution in [0.25, 0.3) is 0 Å². The van der Waals surface area contributed by atoms with Gasteiger partial charge in [-0.15, -0.1) is 11.8 Å². The molecule has 2 aliphatic heterocycles. The molecule has 0 spiro atoms. The average Bonchev–Trinajstić information content (AvgIpc) is 3.72. The fraction of sp³-hybridized carbons (Fsp3) is 0.303. The van der Waals surface area contributed by atoms with Crippen molar-refractivity contribution in [3.8, 4) is 5.75 Å². The van der Waals surface area contributed by atoms with Gasteiger partial charge in [-0.1, -0.05) is 53.3 Å². The van der Waals surface area contributed by atoms with Crippen LogP contribution in [0, 0.1) is 42.3 Å². The number of benzene rings is 3. The molecule has 3 heterocycles. The highest BCUT2D eigenvalue weighted by molar-refractivity contribution is 8.00. The summed E-state index contributed by atoms with van der Waals surface area (Å²) >= 11 is 2.92. The second kappa shape index (κ2) is 9.67. The number of aryl methyl sites for hydroxylation is 1. The molecule has 212 valence electrons. The fourth-order valence-electron chi connectivity index (χ4n) is 7.86. The minimum atomic E-state index is -0.407. The van der Waals surface area contributed by atoms with Gasteiger partial charge in [-0.25, -0.2) is 4.39 Å². The molecule has 2 aliphatic carbocycles. The van der Waals surface area contributed by atoms with E-state index in [9.17, 15) is 18.8 Å². The summed E-state index contributed by atoms with van der Waals surface area (Å²) in [5, 5.41) is 0.994. The van der Waals surface area contributed by atoms with Crippen LogP contribution >= 0.6 is 23.1 Å². The summed E-state index contributed by atoms with van der Waals surface area (Å²) in [6.07, 6.45) is 0.819. The highest BCUT2D eigenvalue weighted by Gasteiger charge is 2.69. The Morgan fingerprint density at radius 3 is 2.31 bits per heavy atom. The molecule has 8 rings (SSSR count). The summed E-state index contributed by atoms with van der Waals surface area (Å²) in [4.78, 5) is 45.3. The largest absolute Gasteiger partial charge is 0.489 e. The van der Waals surface area contributed by atoms with E-state index in [1.165, 1.54) is 46.1 Å². The van der Waals surface area contributed by atoms with Gasteiger partial charge in [-0.3, -0.25) is 19.3 Å². The van der Waals surface area contributed by atoms with Crippen LogP contribution in [0.3, 0.4) is 0 Å². The van der Waals surface area contributed by atoms with Gasteiger partial charge in [0, 0.05) is 16.0 Å². The van der Waals surface area contributed by atoms with Crippen molar-refractivity contribution in [3.05, 3.63) is 110 Å². The maximum atomic E-state index is 13.8. The number of carbonyl (C=O) groups is 2. The molecule has 2 saturated carbocycles. The van der Waals surface area contributed by atoms with Crippen molar-refractivity contribution in [1.82, 2.24) is 4.98 Å². The lowest BCUT2D eigenvalue weighted by molar-refractivity contribution is -0.123. The average molecular weight is 599 g/mol. The smallest absolute Gasteiger partial charge is 0.305 e. The van der Waals surface area contributed by atoms with Crippen LogP contribution < -0.4 is 14.5 Å². The first-order valence-corrected chi connectivity index (χ1v) is 15.9. The number of imide groups is 1. The van der Waals surface area contributed by atoms with Crippen LogP contribution in [-0.4, -0.2) is 22.0 Å². The lowest BCUT2D eigenvalue weighted by Crippen LogP contribution is -2.42. The summed E-state index contributed by atoms with van der Waals surface area (Å²) in [5.74, 6) is -0.667. The molecular weight excluding hydrogens is 572 g/mol. The molecule has 7 atom stereocenters. The topological polar surface area (TPSA) is 79.5 Å². The van der Waals surface area contributed by atoms with Crippen LogP contribution in [0.15, 0.2) is 82.6 Å². The predicted octanol–water partition coefficient (Wildman–Crippen LogP) is 6.14. The molecule has 9 heteroatoms. The number of rotatable bonds is 5. The van der Waals surface area contributed by atoms with Crippen molar-refractivity contribution in [2.24, 2.45) is 29.6 Å². The number of carbonyl (C=O) groups excluding carboxylic acids is 2. The quantitative estimate of drug-likeness (QED) is 0.279. The highest BCUT2D eigenvalue weighted by Crippen LogP contribution is 2.68. The number of nitrogens with one attached hydrogen (secondary N) is 1. The number of ether oxygens (including phenoxy) is 1. The number of hydrogen-bond acceptors (Lipinski definition) is 6. The molecule has 3 aromatic carbocycles. The zero-order valence-corrected chi connectivity index (χ0v) is 24.3. The number of anilines is 1. The molecule has 1 N–H and O–H groups in total. The third-order valence-corrected chi connectivity index (χ3v) is 12.2. The first-order valence-electron chi connectivity index (χ1n) is 14.2. The standard InChI is InChI=1S/C33H27FN2O4S2/c1-16-2-4-17(5-3-16)15-40-21-12-6-18(7-13-21)24-25-22-14-23(28(25)41-30-29(24)42-33(39)35-30)27-26(22)31(37)36(32(27)38)20-10-8-19(34)9-11-20/h2-13,22-28H,14-15H2,1H3,(H,35,39)/t22-,23-,24?,25?,26?,27?,28?/m1/s1. The Balaban J connectivity index is 1.11. The van der Waals surface area contributed by atoms with Gasteiger partial charge >= 0.3 is 4.87 Å². The van der Waals surface area contributed by atoms with E-state index in [0.29, 0.717) is 12.3 Å². The van der Waals surface area contributed by atoms with E-state index < -0.39 is 11.7 Å². The Labute approximate surface area is 249 Å². The zero-order valence-electron chi connectivity index (χ0n) is 22.7. The van der Waals surface area contributed by atoms with Crippen molar-refractivity contribution in [2.75, 3.05) is 4.90 Å². The molecule has 1 saturated heterocycles. The maximum absolute atomic E-state index is 13.8. The molecule has 2 bridgehead atoms. The third-order valence-electron chi connectivity index (χ3n) is 9.57. The van der Waals surface area contributed by atoms with Crippen molar-refractivity contribution < 1.29 is 18.7 Å². The van der Waals surface area contributed by atoms with Gasteiger partial charge in [0.25, 0.3) is 0 Å². The Morgan fingerprint density at radius 2 is 1.60 bits per heavy atom. The summed E-state index contributed by atoms with van der Waals surface area (Å²) in [7, 11) is 0. The summed E-state index contributed by atoms with van der Waals surface area (Å²) < 4.78 is 19.7. The van der Waals surface area contributed by atoms with Gasteiger partial charge in [-0.2, -0.15) is 0 Å². The Bertz CT molecular complexity index is 1770. The fourth-order valence-corrected chi connectivity index (χ4v) is 10.7. The number of amides is 2. The molecule has 6 nitrogen and oxygen atoms in total. The van der Waals surface area contributed by atoms with E-state index >= 15 is 0 Å². The molecular formula is C33H27FN2O4S2. The van der Waals surface area contributed by atoms with E-state index in [1.54, 1.807) is 11.8 Å². The van der Waals surface area contributed by atoms with Gasteiger partial charge in [0.05, 0.1) is 22.5 Å². The number of H-pyrrole nitrogens is 1. The number of fused-ring (bicyclic) bond motifs is 9. The third kappa shape index (κ3) is 3.93. The first-order chi connectivity index (χ1) is 20.4. The molecule has 4 aromatic rings. The van der Waals surface area contributed by atoms with Crippen LogP contribution in [0.2, 0.25) is 0 Å². The summed E-state index contributed by atoms with van der Waals surface area (Å²) in [6.45, 7) is 2.53. The Kier molecular flexibility index (Phi) is 5.98. The lowest BCUT2D eigenvalue weighted by atomic mass is 9.68. The Morgan fingerprint density at radius 1 is 0.905 bits per heavy atom. The number of aromatic amines is 1. The molecule has 2 amide bonds. The monoisotopic (exact) mass is 598 g/mol. The SMILES string of the molecule is Cc1ccc(COc2ccc(C3c4sc(=O)[nH]c4SC4C3[C@H]3C[C@@H]4C4C(=O)N(c5ccc(F)cc5)C(=O)C43)cc2)cc1. The number of halogens is 1. The van der Waals surface area contributed by atoms with Gasteiger partial charge in [-0.05, 0) is 78.6 Å². The number of aromatic nitrogens is 1. The number of thioether (sulfide) groups is 1. The van der Waals surface area contributed by atoms with Crippen molar-refractivity contribution >= 4 is 40.6 Å². The normalized spacial score (nSPS) is 29.0. The van der Waals surface area contributed by atoms with E-state index in [1.807, 2.05) is 12.1 Å². The molecule has 4 aliphatic rings. The maximum Gasteiger partial charge on any atom is 0.305 e. The molecule has 5 unspecified atom stereocenters. The predicted molar refractivity (Wildman–Crippen MR) is 159 cm³/mol. The first kappa shape index (κ1) is 26.0. The molecule has 42 heavy (non-hydrogen) atoms. The van der Waals surface area contributed by atoms with Gasteiger partial charge < -0.3 is 9.72 Å². The molecule has 3 fully saturated rings. The zero-order chi connectivity index (χ0) is 28.7. The van der Waals surface area contributed by atoms with E-state index in [4.69, 9.17) is 4.74 Å². The molecule has 1 aromatic heterocycles. The highest BCUT2D eigenvalue weighted by atomic mass is 32.2. The number of nitrogens with zero attached hydrogens (tertiary/aromatic N) is 1. The number of hydrogen-bond donors (Lipinski definition) is 1. The Hall–Kier alpha value is -3.69. The van der Waals surface area contributed by atoms with E-state index in [-0.39, 0.29) is 51.5 Å². The van der Waals surface area contributed by atoms with E-state index in [0.717, 1.165) is 33.2 Å². The van der Waals surface area contributed by atoms with Crippen molar-refractivity contribution in [1.29, 1.82) is 0 Å². The minimum Gasteiger partial charge on any atom is -0.489 e. The number of thiazole rings is 1. The van der Waals surface area contributed by atoms with Gasteiger partial charge in [0.1, 0.15) is 18.2 Å². The summed E-state index contributed by atoms with van der Waals surface area (Å²) in [6, 6.07) is 21.9. The van der Waals surface area contributed by atoms with Crippen molar-refractivity contribution in [2.45, 2.75) is 36.1 Å². The second-order valence-corrected chi connectivity index (χ2v) is 14.0. The van der Waals surface area contributed by atoms with Crippen LogP contribution in [-0.2, 0) is 16.2 Å². The van der Waals surface area contributed by atoms with Crippen LogP contribution in [0.5, 0.6) is 5.75 Å². The van der Waals surface area contributed by atoms with Crippen molar-refractivity contribution in [3.63, 3.8) is 0 Å².